The number of carbonyl (C=O) groups excluding carboxylic acids is 1. The highest BCUT2D eigenvalue weighted by Crippen LogP contribution is 1.88. The molecule has 1 amide bonds. The van der Waals surface area contributed by atoms with E-state index in [1.165, 1.54) is 0 Å². The molecular weight excluding hydrogens is 114 g/mol. The van der Waals surface area contributed by atoms with Gasteiger partial charge in [0, 0.05) is 12.6 Å². The van der Waals surface area contributed by atoms with E-state index in [2.05, 4.69) is 4.99 Å². The van der Waals surface area contributed by atoms with Gasteiger partial charge in [0.25, 0.3) is 0 Å². The van der Waals surface area contributed by atoms with Crippen molar-refractivity contribution in [3.8, 4) is 0 Å². The van der Waals surface area contributed by atoms with E-state index in [9.17, 15) is 4.79 Å². The van der Waals surface area contributed by atoms with Crippen LogP contribution in [0, 0.1) is 0 Å². The number of carbonyl (C=O) groups is 1. The van der Waals surface area contributed by atoms with Crippen molar-refractivity contribution in [2.75, 3.05) is 0 Å². The molecule has 0 bridgehead atoms. The van der Waals surface area contributed by atoms with Crippen LogP contribution in [0.15, 0.2) is 4.99 Å². The van der Waals surface area contributed by atoms with E-state index in [-0.39, 0.29) is 5.91 Å². The molecule has 0 fully saturated rings. The van der Waals surface area contributed by atoms with E-state index in [0.717, 1.165) is 12.8 Å². The van der Waals surface area contributed by atoms with Crippen LogP contribution in [0.5, 0.6) is 0 Å². The summed E-state index contributed by atoms with van der Waals surface area (Å²) >= 11 is 0. The van der Waals surface area contributed by atoms with E-state index in [1.54, 1.807) is 6.21 Å². The maximum atomic E-state index is 10.6. The average molecular weight is 127 g/mol. The number of aliphatic imine (C=N–C) groups is 1. The summed E-state index contributed by atoms with van der Waals surface area (Å²) in [5.41, 5.74) is 0. The third-order valence-electron chi connectivity index (χ3n) is 0.882. The second kappa shape index (κ2) is 5.48. The van der Waals surface area contributed by atoms with Gasteiger partial charge in [-0.1, -0.05) is 13.8 Å². The van der Waals surface area contributed by atoms with Crippen molar-refractivity contribution >= 4 is 12.1 Å². The number of hydrogen-bond donors (Lipinski definition) is 0. The van der Waals surface area contributed by atoms with Crippen molar-refractivity contribution in [3.05, 3.63) is 0 Å². The largest absolute Gasteiger partial charge is 0.273 e. The predicted octanol–water partition coefficient (Wildman–Crippen LogP) is 1.79. The van der Waals surface area contributed by atoms with Crippen LogP contribution in [-0.4, -0.2) is 12.1 Å². The van der Waals surface area contributed by atoms with Crippen molar-refractivity contribution in [1.29, 1.82) is 0 Å². The number of amides is 1. The Morgan fingerprint density at radius 2 is 2.22 bits per heavy atom. The molecule has 0 heterocycles. The smallest absolute Gasteiger partial charge is 0.245 e. The van der Waals surface area contributed by atoms with E-state index in [1.807, 2.05) is 13.8 Å². The molecular formula is C7H13NO. The van der Waals surface area contributed by atoms with Gasteiger partial charge in [-0.15, -0.1) is 0 Å². The fraction of sp³-hybridized carbons (Fsp3) is 0.714. The molecule has 0 aliphatic carbocycles. The second-order valence-electron chi connectivity index (χ2n) is 1.86. The standard InChI is InChI=1S/C7H13NO/c1-3-5-7(9)8-6-4-2/h6H,3-5H2,1-2H3. The van der Waals surface area contributed by atoms with Gasteiger partial charge in [-0.2, -0.15) is 0 Å². The Bertz CT molecular complexity index is 107. The summed E-state index contributed by atoms with van der Waals surface area (Å²) in [6, 6.07) is 0. The van der Waals surface area contributed by atoms with E-state index in [0.29, 0.717) is 6.42 Å². The Morgan fingerprint density at radius 3 is 2.67 bits per heavy atom. The minimum Gasteiger partial charge on any atom is -0.273 e. The van der Waals surface area contributed by atoms with E-state index in [4.69, 9.17) is 0 Å². The van der Waals surface area contributed by atoms with Crippen molar-refractivity contribution < 1.29 is 4.79 Å². The van der Waals surface area contributed by atoms with Crippen molar-refractivity contribution in [1.82, 2.24) is 0 Å². The molecule has 0 aliphatic heterocycles. The van der Waals surface area contributed by atoms with Gasteiger partial charge in [-0.25, -0.2) is 4.99 Å². The second-order valence-corrected chi connectivity index (χ2v) is 1.86. The predicted molar refractivity (Wildman–Crippen MR) is 38.7 cm³/mol. The van der Waals surface area contributed by atoms with Gasteiger partial charge in [-0.05, 0) is 12.8 Å². The van der Waals surface area contributed by atoms with Crippen LogP contribution in [0.1, 0.15) is 33.1 Å². The van der Waals surface area contributed by atoms with Crippen LogP contribution >= 0.6 is 0 Å². The minimum atomic E-state index is -0.000602. The fourth-order valence-electron chi connectivity index (χ4n) is 0.472. The molecule has 0 radical (unpaired) electrons. The third kappa shape index (κ3) is 5.21. The van der Waals surface area contributed by atoms with Crippen LogP contribution in [0.4, 0.5) is 0 Å². The molecule has 52 valence electrons. The van der Waals surface area contributed by atoms with Crippen LogP contribution in [0.2, 0.25) is 0 Å². The van der Waals surface area contributed by atoms with E-state index < -0.39 is 0 Å². The van der Waals surface area contributed by atoms with Gasteiger partial charge in [-0.3, -0.25) is 4.79 Å². The molecule has 0 N–H and O–H groups in total. The first-order chi connectivity index (χ1) is 4.31. The lowest BCUT2D eigenvalue weighted by Gasteiger charge is -1.85. The highest BCUT2D eigenvalue weighted by atomic mass is 16.1. The SMILES string of the molecule is CCC=NC(=O)CCC. The lowest BCUT2D eigenvalue weighted by atomic mass is 10.3. The molecule has 0 aliphatic rings. The van der Waals surface area contributed by atoms with Crippen molar-refractivity contribution in [2.45, 2.75) is 33.1 Å². The molecule has 2 heteroatoms. The molecule has 0 atom stereocenters. The van der Waals surface area contributed by atoms with E-state index >= 15 is 0 Å². The first kappa shape index (κ1) is 8.34. The van der Waals surface area contributed by atoms with Crippen LogP contribution in [-0.2, 0) is 4.79 Å². The molecule has 2 nitrogen and oxygen atoms in total. The summed E-state index contributed by atoms with van der Waals surface area (Å²) in [6.45, 7) is 3.93. The van der Waals surface area contributed by atoms with Crippen LogP contribution in [0.25, 0.3) is 0 Å². The third-order valence-corrected chi connectivity index (χ3v) is 0.882. The monoisotopic (exact) mass is 127 g/mol. The zero-order chi connectivity index (χ0) is 7.11. The lowest BCUT2D eigenvalue weighted by molar-refractivity contribution is -0.117. The van der Waals surface area contributed by atoms with Gasteiger partial charge >= 0.3 is 0 Å². The molecule has 9 heavy (non-hydrogen) atoms. The highest BCUT2D eigenvalue weighted by Gasteiger charge is 1.91. The maximum absolute atomic E-state index is 10.6. The summed E-state index contributed by atoms with van der Waals surface area (Å²) in [5, 5.41) is 0. The Morgan fingerprint density at radius 1 is 1.56 bits per heavy atom. The van der Waals surface area contributed by atoms with Gasteiger partial charge in [0.2, 0.25) is 5.91 Å². The first-order valence-electron chi connectivity index (χ1n) is 3.36. The minimum absolute atomic E-state index is 0.000602. The molecule has 0 saturated carbocycles. The highest BCUT2D eigenvalue weighted by molar-refractivity contribution is 5.84. The summed E-state index contributed by atoms with van der Waals surface area (Å²) in [6.07, 6.45) is 3.96. The maximum Gasteiger partial charge on any atom is 0.245 e. The Balaban J connectivity index is 3.37. The average Bonchev–Trinajstić information content (AvgIpc) is 1.85. The number of rotatable bonds is 3. The van der Waals surface area contributed by atoms with Crippen molar-refractivity contribution in [2.24, 2.45) is 4.99 Å². The van der Waals surface area contributed by atoms with Crippen LogP contribution in [0.3, 0.4) is 0 Å². The van der Waals surface area contributed by atoms with Gasteiger partial charge in [0.05, 0.1) is 0 Å². The summed E-state index contributed by atoms with van der Waals surface area (Å²) in [4.78, 5) is 14.3. The Kier molecular flexibility index (Phi) is 5.07. The molecule has 0 aromatic carbocycles. The summed E-state index contributed by atoms with van der Waals surface area (Å²) in [5.74, 6) is -0.000602. The molecule has 0 rings (SSSR count). The quantitative estimate of drug-likeness (QED) is 0.531. The van der Waals surface area contributed by atoms with Gasteiger partial charge < -0.3 is 0 Å². The lowest BCUT2D eigenvalue weighted by Crippen LogP contribution is -1.90. The fourth-order valence-corrected chi connectivity index (χ4v) is 0.472. The normalized spacial score (nSPS) is 10.4. The molecule has 0 aromatic heterocycles. The molecule has 0 aromatic rings. The number of nitrogens with zero attached hydrogens (tertiary/aromatic N) is 1. The molecule has 0 spiro atoms. The molecule has 0 saturated heterocycles. The Labute approximate surface area is 56.0 Å². The first-order valence-corrected chi connectivity index (χ1v) is 3.36. The summed E-state index contributed by atoms with van der Waals surface area (Å²) in [7, 11) is 0. The zero-order valence-corrected chi connectivity index (χ0v) is 6.05. The number of hydrogen-bond acceptors (Lipinski definition) is 1. The Hall–Kier alpha value is -0.660. The zero-order valence-electron chi connectivity index (χ0n) is 6.05. The van der Waals surface area contributed by atoms with Gasteiger partial charge in [0.1, 0.15) is 0 Å². The molecule has 0 unspecified atom stereocenters. The van der Waals surface area contributed by atoms with Crippen molar-refractivity contribution in [3.63, 3.8) is 0 Å². The summed E-state index contributed by atoms with van der Waals surface area (Å²) < 4.78 is 0. The van der Waals surface area contributed by atoms with Gasteiger partial charge in [0.15, 0.2) is 0 Å². The van der Waals surface area contributed by atoms with Crippen LogP contribution < -0.4 is 0 Å². The topological polar surface area (TPSA) is 29.4 Å².